The molecule has 0 aliphatic carbocycles. The highest BCUT2D eigenvalue weighted by Gasteiger charge is 2.24. The molecule has 0 radical (unpaired) electrons. The van der Waals surface area contributed by atoms with Crippen molar-refractivity contribution >= 4 is 5.69 Å². The van der Waals surface area contributed by atoms with E-state index >= 15 is 0 Å². The third-order valence-electron chi connectivity index (χ3n) is 3.80. The molecule has 3 rings (SSSR count). The molecule has 0 saturated heterocycles. The topological polar surface area (TPSA) is 23.5 Å². The Morgan fingerprint density at radius 1 is 1.21 bits per heavy atom. The minimum absolute atomic E-state index is 0.121. The lowest BCUT2D eigenvalue weighted by atomic mass is 10.1. The van der Waals surface area contributed by atoms with Crippen molar-refractivity contribution in [1.82, 2.24) is 0 Å². The second-order valence-corrected chi connectivity index (χ2v) is 4.99. The van der Waals surface area contributed by atoms with Crippen LogP contribution in [0, 0.1) is 5.82 Å². The monoisotopic (exact) mass is 257 g/mol. The van der Waals surface area contributed by atoms with Crippen molar-refractivity contribution in [2.75, 3.05) is 11.4 Å². The smallest absolute Gasteiger partial charge is 0.125 e. The predicted octanol–water partition coefficient (Wildman–Crippen LogP) is 3.66. The van der Waals surface area contributed by atoms with Crippen molar-refractivity contribution in [1.29, 1.82) is 0 Å². The lowest BCUT2D eigenvalue weighted by molar-refractivity contribution is 0.473. The van der Waals surface area contributed by atoms with Crippen LogP contribution in [0.1, 0.15) is 24.1 Å². The summed E-state index contributed by atoms with van der Waals surface area (Å²) in [6.45, 7) is 2.96. The van der Waals surface area contributed by atoms with Gasteiger partial charge in [-0.05, 0) is 48.7 Å². The number of nitrogens with zero attached hydrogens (tertiary/aromatic N) is 1. The Morgan fingerprint density at radius 2 is 2.05 bits per heavy atom. The number of halogens is 1. The van der Waals surface area contributed by atoms with E-state index in [1.54, 1.807) is 18.2 Å². The van der Waals surface area contributed by atoms with E-state index < -0.39 is 0 Å². The first-order valence-corrected chi connectivity index (χ1v) is 6.49. The maximum Gasteiger partial charge on any atom is 0.125 e. The molecule has 0 fully saturated rings. The highest BCUT2D eigenvalue weighted by atomic mass is 19.1. The summed E-state index contributed by atoms with van der Waals surface area (Å²) in [6, 6.07) is 12.3. The third kappa shape index (κ3) is 2.16. The Labute approximate surface area is 112 Å². The van der Waals surface area contributed by atoms with E-state index in [1.807, 2.05) is 18.2 Å². The minimum atomic E-state index is -0.200. The van der Waals surface area contributed by atoms with Gasteiger partial charge in [-0.2, -0.15) is 0 Å². The second kappa shape index (κ2) is 4.57. The van der Waals surface area contributed by atoms with Crippen LogP contribution < -0.4 is 4.90 Å². The summed E-state index contributed by atoms with van der Waals surface area (Å²) >= 11 is 0. The van der Waals surface area contributed by atoms with Crippen molar-refractivity contribution in [3.63, 3.8) is 0 Å². The molecule has 0 amide bonds. The molecule has 3 heteroatoms. The second-order valence-electron chi connectivity index (χ2n) is 4.99. The number of fused-ring (bicyclic) bond motifs is 1. The fourth-order valence-electron chi connectivity index (χ4n) is 2.74. The largest absolute Gasteiger partial charge is 0.508 e. The van der Waals surface area contributed by atoms with Gasteiger partial charge in [0.2, 0.25) is 0 Å². The number of benzene rings is 2. The summed E-state index contributed by atoms with van der Waals surface area (Å²) in [6.07, 6.45) is 0.943. The molecule has 2 aromatic rings. The fourth-order valence-corrected chi connectivity index (χ4v) is 2.74. The van der Waals surface area contributed by atoms with Gasteiger partial charge < -0.3 is 10.0 Å². The standard InChI is InChI=1S/C16H16FNO/c1-11(13-3-2-4-15(19)9-13)18-8-7-12-5-6-14(17)10-16(12)18/h2-6,9-11,19H,7-8H2,1H3. The Bertz CT molecular complexity index is 611. The number of phenols is 1. The number of hydrogen-bond donors (Lipinski definition) is 1. The molecule has 1 aliphatic heterocycles. The van der Waals surface area contributed by atoms with Gasteiger partial charge in [-0.1, -0.05) is 18.2 Å². The summed E-state index contributed by atoms with van der Waals surface area (Å²) in [5.74, 6) is 0.0665. The van der Waals surface area contributed by atoms with Crippen molar-refractivity contribution in [2.45, 2.75) is 19.4 Å². The van der Waals surface area contributed by atoms with E-state index in [-0.39, 0.29) is 17.6 Å². The van der Waals surface area contributed by atoms with Crippen LogP contribution in [0.15, 0.2) is 42.5 Å². The Balaban J connectivity index is 1.95. The van der Waals surface area contributed by atoms with Gasteiger partial charge in [-0.15, -0.1) is 0 Å². The highest BCUT2D eigenvalue weighted by Crippen LogP contribution is 2.35. The fraction of sp³-hybridized carbons (Fsp3) is 0.250. The SMILES string of the molecule is CC(c1cccc(O)c1)N1CCc2ccc(F)cc21. The van der Waals surface area contributed by atoms with E-state index in [4.69, 9.17) is 0 Å². The number of aromatic hydroxyl groups is 1. The average molecular weight is 257 g/mol. The average Bonchev–Trinajstić information content (AvgIpc) is 2.80. The number of hydrogen-bond acceptors (Lipinski definition) is 2. The van der Waals surface area contributed by atoms with E-state index in [0.717, 1.165) is 24.2 Å². The normalized spacial score (nSPS) is 15.4. The van der Waals surface area contributed by atoms with Gasteiger partial charge in [0.25, 0.3) is 0 Å². The van der Waals surface area contributed by atoms with E-state index in [9.17, 15) is 9.50 Å². The molecular weight excluding hydrogens is 241 g/mol. The Morgan fingerprint density at radius 3 is 2.84 bits per heavy atom. The Hall–Kier alpha value is -2.03. The number of anilines is 1. The molecule has 1 unspecified atom stereocenters. The molecule has 0 bridgehead atoms. The highest BCUT2D eigenvalue weighted by molar-refractivity contribution is 5.59. The summed E-state index contributed by atoms with van der Waals surface area (Å²) < 4.78 is 13.4. The zero-order valence-electron chi connectivity index (χ0n) is 10.8. The predicted molar refractivity (Wildman–Crippen MR) is 74.0 cm³/mol. The van der Waals surface area contributed by atoms with Crippen molar-refractivity contribution in [3.8, 4) is 5.75 Å². The van der Waals surface area contributed by atoms with Crippen molar-refractivity contribution in [3.05, 3.63) is 59.4 Å². The van der Waals surface area contributed by atoms with Gasteiger partial charge in [0.05, 0.1) is 6.04 Å². The van der Waals surface area contributed by atoms with Gasteiger partial charge in [-0.3, -0.25) is 0 Å². The molecule has 2 aromatic carbocycles. The Kier molecular flexibility index (Phi) is 2.90. The van der Waals surface area contributed by atoms with Crippen LogP contribution in [0.5, 0.6) is 5.75 Å². The first-order valence-electron chi connectivity index (χ1n) is 6.49. The molecule has 1 N–H and O–H groups in total. The molecule has 2 nitrogen and oxygen atoms in total. The first kappa shape index (κ1) is 12.0. The zero-order valence-corrected chi connectivity index (χ0v) is 10.8. The van der Waals surface area contributed by atoms with Gasteiger partial charge in [-0.25, -0.2) is 4.39 Å². The molecule has 0 spiro atoms. The molecule has 1 heterocycles. The summed E-state index contributed by atoms with van der Waals surface area (Å²) in [4.78, 5) is 2.19. The minimum Gasteiger partial charge on any atom is -0.508 e. The maximum absolute atomic E-state index is 13.4. The molecule has 0 saturated carbocycles. The van der Waals surface area contributed by atoms with Crippen molar-refractivity contribution < 1.29 is 9.50 Å². The molecule has 98 valence electrons. The third-order valence-corrected chi connectivity index (χ3v) is 3.80. The number of phenolic OH excluding ortho intramolecular Hbond substituents is 1. The van der Waals surface area contributed by atoms with Crippen LogP contribution in [0.3, 0.4) is 0 Å². The van der Waals surface area contributed by atoms with Crippen LogP contribution in [-0.4, -0.2) is 11.7 Å². The quantitative estimate of drug-likeness (QED) is 0.887. The van der Waals surface area contributed by atoms with Gasteiger partial charge >= 0.3 is 0 Å². The summed E-state index contributed by atoms with van der Waals surface area (Å²) in [7, 11) is 0. The zero-order chi connectivity index (χ0) is 13.4. The molecule has 1 aliphatic rings. The van der Waals surface area contributed by atoms with Crippen molar-refractivity contribution in [2.24, 2.45) is 0 Å². The van der Waals surface area contributed by atoms with Gasteiger partial charge in [0.15, 0.2) is 0 Å². The van der Waals surface area contributed by atoms with Crippen LogP contribution >= 0.6 is 0 Å². The molecular formula is C16H16FNO. The van der Waals surface area contributed by atoms with Crippen LogP contribution in [0.4, 0.5) is 10.1 Å². The molecule has 1 atom stereocenters. The lowest BCUT2D eigenvalue weighted by Gasteiger charge is -2.27. The molecule has 0 aromatic heterocycles. The van der Waals surface area contributed by atoms with E-state index in [0.29, 0.717) is 0 Å². The van der Waals surface area contributed by atoms with Crippen LogP contribution in [0.25, 0.3) is 0 Å². The van der Waals surface area contributed by atoms with Crippen LogP contribution in [0.2, 0.25) is 0 Å². The van der Waals surface area contributed by atoms with E-state index in [1.165, 1.54) is 11.6 Å². The maximum atomic E-state index is 13.4. The first-order chi connectivity index (χ1) is 9.15. The van der Waals surface area contributed by atoms with Gasteiger partial charge in [0, 0.05) is 12.2 Å². The lowest BCUT2D eigenvalue weighted by Crippen LogP contribution is -2.24. The van der Waals surface area contributed by atoms with E-state index in [2.05, 4.69) is 11.8 Å². The summed E-state index contributed by atoms with van der Waals surface area (Å²) in [5, 5.41) is 9.57. The van der Waals surface area contributed by atoms with Crippen LogP contribution in [-0.2, 0) is 6.42 Å². The molecule has 19 heavy (non-hydrogen) atoms. The number of rotatable bonds is 2. The summed E-state index contributed by atoms with van der Waals surface area (Å²) in [5.41, 5.74) is 3.20. The van der Waals surface area contributed by atoms with Gasteiger partial charge in [0.1, 0.15) is 11.6 Å².